The molecule has 2 N–H and O–H groups in total. The van der Waals surface area contributed by atoms with Gasteiger partial charge in [0.2, 0.25) is 0 Å². The molecule has 0 amide bonds. The van der Waals surface area contributed by atoms with E-state index in [-0.39, 0.29) is 5.54 Å². The summed E-state index contributed by atoms with van der Waals surface area (Å²) in [5.74, 6) is 1.06. The van der Waals surface area contributed by atoms with Crippen molar-refractivity contribution in [1.29, 1.82) is 0 Å². The minimum absolute atomic E-state index is 0.105. The first-order chi connectivity index (χ1) is 7.66. The summed E-state index contributed by atoms with van der Waals surface area (Å²) in [4.78, 5) is 0. The van der Waals surface area contributed by atoms with Crippen LogP contribution >= 0.6 is 11.6 Å². The molecule has 0 spiro atoms. The average Bonchev–Trinajstić information content (AvgIpc) is 2.79. The maximum Gasteiger partial charge on any atom is 0.125 e. The Kier molecular flexibility index (Phi) is 2.37. The second-order valence-electron chi connectivity index (χ2n) is 5.01. The molecule has 0 saturated heterocycles. The molecule has 1 aliphatic heterocycles. The summed E-state index contributed by atoms with van der Waals surface area (Å²) in [6, 6.07) is 4.04. The number of hydrogen-bond acceptors (Lipinski definition) is 2. The van der Waals surface area contributed by atoms with Crippen molar-refractivity contribution < 1.29 is 4.74 Å². The van der Waals surface area contributed by atoms with Crippen LogP contribution in [0.25, 0.3) is 0 Å². The van der Waals surface area contributed by atoms with E-state index < -0.39 is 0 Å². The van der Waals surface area contributed by atoms with Crippen LogP contribution in [0.1, 0.15) is 30.4 Å². The zero-order chi connectivity index (χ0) is 11.2. The van der Waals surface area contributed by atoms with E-state index in [0.717, 1.165) is 49.5 Å². The molecule has 86 valence electrons. The highest BCUT2D eigenvalue weighted by Gasteiger charge is 2.37. The Labute approximate surface area is 101 Å². The van der Waals surface area contributed by atoms with Gasteiger partial charge in [-0.25, -0.2) is 0 Å². The highest BCUT2D eigenvalue weighted by Crippen LogP contribution is 2.39. The zero-order valence-corrected chi connectivity index (χ0v) is 10.0. The second-order valence-corrected chi connectivity index (χ2v) is 5.45. The topological polar surface area (TPSA) is 35.2 Å². The monoisotopic (exact) mass is 237 g/mol. The normalized spacial score (nSPS) is 20.4. The first-order valence-corrected chi connectivity index (χ1v) is 6.27. The number of rotatable bonds is 3. The molecule has 1 heterocycles. The first-order valence-electron chi connectivity index (χ1n) is 5.89. The number of benzene rings is 1. The lowest BCUT2D eigenvalue weighted by atomic mass is 10.0. The highest BCUT2D eigenvalue weighted by molar-refractivity contribution is 6.30. The van der Waals surface area contributed by atoms with E-state index in [9.17, 15) is 0 Å². The molecule has 0 bridgehead atoms. The van der Waals surface area contributed by atoms with Crippen LogP contribution in [0.2, 0.25) is 5.02 Å². The van der Waals surface area contributed by atoms with Crippen LogP contribution in [0, 0.1) is 0 Å². The fourth-order valence-corrected chi connectivity index (χ4v) is 2.59. The average molecular weight is 238 g/mol. The zero-order valence-electron chi connectivity index (χ0n) is 9.26. The van der Waals surface area contributed by atoms with Gasteiger partial charge in [0.05, 0.1) is 6.61 Å². The second kappa shape index (κ2) is 3.64. The minimum atomic E-state index is 0.105. The Morgan fingerprint density at radius 2 is 2.19 bits per heavy atom. The number of halogens is 1. The minimum Gasteiger partial charge on any atom is -0.493 e. The van der Waals surface area contributed by atoms with Gasteiger partial charge in [-0.2, -0.15) is 0 Å². The smallest absolute Gasteiger partial charge is 0.125 e. The fraction of sp³-hybridized carbons (Fsp3) is 0.538. The van der Waals surface area contributed by atoms with Crippen LogP contribution in [0.5, 0.6) is 5.75 Å². The predicted octanol–water partition coefficient (Wildman–Crippen LogP) is 2.70. The molecular weight excluding hydrogens is 222 g/mol. The summed E-state index contributed by atoms with van der Waals surface area (Å²) >= 11 is 6.11. The molecule has 3 heteroatoms. The van der Waals surface area contributed by atoms with Gasteiger partial charge in [0.25, 0.3) is 0 Å². The molecule has 1 fully saturated rings. The van der Waals surface area contributed by atoms with Crippen molar-refractivity contribution >= 4 is 11.6 Å². The van der Waals surface area contributed by atoms with Gasteiger partial charge in [-0.1, -0.05) is 11.6 Å². The van der Waals surface area contributed by atoms with Crippen molar-refractivity contribution in [1.82, 2.24) is 0 Å². The van der Waals surface area contributed by atoms with Gasteiger partial charge >= 0.3 is 0 Å². The van der Waals surface area contributed by atoms with Gasteiger partial charge in [-0.15, -0.1) is 0 Å². The Balaban J connectivity index is 1.82. The number of nitrogens with two attached hydrogens (primary N) is 1. The molecule has 1 saturated carbocycles. The van der Waals surface area contributed by atoms with Crippen LogP contribution in [-0.4, -0.2) is 12.1 Å². The lowest BCUT2D eigenvalue weighted by molar-refractivity contribution is 0.352. The van der Waals surface area contributed by atoms with Crippen LogP contribution in [0.15, 0.2) is 12.1 Å². The first kappa shape index (κ1) is 10.4. The maximum absolute atomic E-state index is 6.11. The molecule has 3 rings (SSSR count). The van der Waals surface area contributed by atoms with Gasteiger partial charge in [0.15, 0.2) is 0 Å². The lowest BCUT2D eigenvalue weighted by Gasteiger charge is -2.11. The molecule has 16 heavy (non-hydrogen) atoms. The predicted molar refractivity (Wildman–Crippen MR) is 65.1 cm³/mol. The quantitative estimate of drug-likeness (QED) is 0.878. The van der Waals surface area contributed by atoms with E-state index in [2.05, 4.69) is 0 Å². The Morgan fingerprint density at radius 3 is 2.94 bits per heavy atom. The summed E-state index contributed by atoms with van der Waals surface area (Å²) in [5, 5.41) is 0.820. The summed E-state index contributed by atoms with van der Waals surface area (Å²) in [6.07, 6.45) is 5.34. The van der Waals surface area contributed by atoms with E-state index in [0.29, 0.717) is 0 Å². The lowest BCUT2D eigenvalue weighted by Crippen LogP contribution is -2.22. The third-order valence-electron chi connectivity index (χ3n) is 3.61. The molecule has 2 aliphatic rings. The molecule has 1 aromatic carbocycles. The molecular formula is C13H16ClNO. The van der Waals surface area contributed by atoms with Gasteiger partial charge in [0.1, 0.15) is 5.75 Å². The third kappa shape index (κ3) is 1.92. The third-order valence-corrected chi connectivity index (χ3v) is 3.83. The largest absolute Gasteiger partial charge is 0.493 e. The molecule has 0 aromatic heterocycles. The molecule has 1 aliphatic carbocycles. The van der Waals surface area contributed by atoms with Crippen molar-refractivity contribution in [2.24, 2.45) is 5.73 Å². The van der Waals surface area contributed by atoms with E-state index in [1.54, 1.807) is 0 Å². The van der Waals surface area contributed by atoms with Gasteiger partial charge in [-0.05, 0) is 48.9 Å². The van der Waals surface area contributed by atoms with Crippen molar-refractivity contribution in [3.05, 3.63) is 28.3 Å². The Hall–Kier alpha value is -0.730. The molecule has 0 atom stereocenters. The van der Waals surface area contributed by atoms with Crippen molar-refractivity contribution in [3.8, 4) is 5.75 Å². The molecule has 1 aromatic rings. The van der Waals surface area contributed by atoms with Gasteiger partial charge < -0.3 is 10.5 Å². The van der Waals surface area contributed by atoms with E-state index >= 15 is 0 Å². The standard InChI is InChI=1S/C13H16ClNO/c14-11-7-9(1-3-13(15)4-5-13)12-10(8-11)2-6-16-12/h7-8H,1-6,15H2. The molecule has 0 unspecified atom stereocenters. The SMILES string of the molecule is NC1(CCc2cc(Cl)cc3c2OCC3)CC1. The van der Waals surface area contributed by atoms with Crippen molar-refractivity contribution in [2.45, 2.75) is 37.6 Å². The number of ether oxygens (including phenoxy) is 1. The van der Waals surface area contributed by atoms with Crippen molar-refractivity contribution in [2.75, 3.05) is 6.61 Å². The summed E-state index contributed by atoms with van der Waals surface area (Å²) < 4.78 is 5.67. The Bertz CT molecular complexity index is 426. The number of aryl methyl sites for hydroxylation is 1. The highest BCUT2D eigenvalue weighted by atomic mass is 35.5. The van der Waals surface area contributed by atoms with Crippen LogP contribution in [0.3, 0.4) is 0 Å². The van der Waals surface area contributed by atoms with E-state index in [1.807, 2.05) is 12.1 Å². The maximum atomic E-state index is 6.11. The summed E-state index contributed by atoms with van der Waals surface area (Å²) in [5.41, 5.74) is 8.70. The van der Waals surface area contributed by atoms with Gasteiger partial charge in [-0.3, -0.25) is 0 Å². The Morgan fingerprint density at radius 1 is 1.38 bits per heavy atom. The summed E-state index contributed by atoms with van der Waals surface area (Å²) in [7, 11) is 0. The van der Waals surface area contributed by atoms with E-state index in [1.165, 1.54) is 11.1 Å². The number of hydrogen-bond donors (Lipinski definition) is 1. The van der Waals surface area contributed by atoms with E-state index in [4.69, 9.17) is 22.1 Å². The number of fused-ring (bicyclic) bond motifs is 1. The van der Waals surface area contributed by atoms with Gasteiger partial charge in [0, 0.05) is 17.0 Å². The van der Waals surface area contributed by atoms with Crippen molar-refractivity contribution in [3.63, 3.8) is 0 Å². The molecule has 0 radical (unpaired) electrons. The van der Waals surface area contributed by atoms with Crippen LogP contribution in [-0.2, 0) is 12.8 Å². The van der Waals surface area contributed by atoms with Crippen LogP contribution < -0.4 is 10.5 Å². The van der Waals surface area contributed by atoms with Crippen LogP contribution in [0.4, 0.5) is 0 Å². The fourth-order valence-electron chi connectivity index (χ4n) is 2.33. The molecule has 2 nitrogen and oxygen atoms in total. The summed E-state index contributed by atoms with van der Waals surface area (Å²) in [6.45, 7) is 0.788.